The molecule has 56 valence electrons. The Balaban J connectivity index is 2.40. The Labute approximate surface area is 64.0 Å². The smallest absolute Gasteiger partial charge is 0.245 e. The van der Waals surface area contributed by atoms with E-state index in [4.69, 9.17) is 0 Å². The third-order valence-corrected chi connectivity index (χ3v) is 1.62. The van der Waals surface area contributed by atoms with Crippen LogP contribution in [0.4, 0.5) is 0 Å². The first-order valence-electron chi connectivity index (χ1n) is 2.88. The van der Waals surface area contributed by atoms with E-state index < -0.39 is 0 Å². The van der Waals surface area contributed by atoms with E-state index in [-0.39, 0.29) is 17.2 Å². The third kappa shape index (κ3) is 1.23. The van der Waals surface area contributed by atoms with Crippen LogP contribution < -0.4 is 5.43 Å². The van der Waals surface area contributed by atoms with Crippen molar-refractivity contribution in [3.63, 3.8) is 0 Å². The summed E-state index contributed by atoms with van der Waals surface area (Å²) in [5.74, 6) is -0.331. The summed E-state index contributed by atoms with van der Waals surface area (Å²) in [6, 6.07) is 0. The van der Waals surface area contributed by atoms with Crippen LogP contribution in [0.3, 0.4) is 0 Å². The van der Waals surface area contributed by atoms with Crippen molar-refractivity contribution in [1.29, 1.82) is 0 Å². The van der Waals surface area contributed by atoms with Crippen LogP contribution in [0.15, 0.2) is 0 Å². The Morgan fingerprint density at radius 1 is 1.90 bits per heavy atom. The van der Waals surface area contributed by atoms with Crippen LogP contribution in [-0.2, 0) is 9.59 Å². The summed E-state index contributed by atoms with van der Waals surface area (Å²) < 4.78 is 0. The number of thiol groups is 1. The van der Waals surface area contributed by atoms with E-state index in [1.807, 2.05) is 0 Å². The van der Waals surface area contributed by atoms with Gasteiger partial charge in [0.2, 0.25) is 11.8 Å². The summed E-state index contributed by atoms with van der Waals surface area (Å²) >= 11 is 4.00. The molecule has 10 heavy (non-hydrogen) atoms. The van der Waals surface area contributed by atoms with Crippen molar-refractivity contribution in [2.45, 2.75) is 18.7 Å². The number of β-lactam (4-membered cyclic amide) rings is 1. The van der Waals surface area contributed by atoms with E-state index >= 15 is 0 Å². The van der Waals surface area contributed by atoms with Gasteiger partial charge in [0.1, 0.15) is 5.37 Å². The molecule has 0 aromatic heterocycles. The number of nitrogens with zero attached hydrogens (tertiary/aromatic N) is 1. The van der Waals surface area contributed by atoms with E-state index in [1.54, 1.807) is 0 Å². The van der Waals surface area contributed by atoms with E-state index in [0.29, 0.717) is 6.42 Å². The Morgan fingerprint density at radius 2 is 2.50 bits per heavy atom. The second kappa shape index (κ2) is 2.49. The topological polar surface area (TPSA) is 49.4 Å². The van der Waals surface area contributed by atoms with E-state index in [1.165, 1.54) is 11.9 Å². The average Bonchev–Trinajstić information content (AvgIpc) is 1.84. The Kier molecular flexibility index (Phi) is 1.85. The van der Waals surface area contributed by atoms with Gasteiger partial charge >= 0.3 is 0 Å². The lowest BCUT2D eigenvalue weighted by molar-refractivity contribution is -0.151. The van der Waals surface area contributed by atoms with Crippen LogP contribution in [0.5, 0.6) is 0 Å². The summed E-state index contributed by atoms with van der Waals surface area (Å²) in [4.78, 5) is 21.0. The van der Waals surface area contributed by atoms with E-state index in [9.17, 15) is 9.59 Å². The number of hydrogen-bond acceptors (Lipinski definition) is 3. The highest BCUT2D eigenvalue weighted by Crippen LogP contribution is 2.18. The molecule has 2 amide bonds. The van der Waals surface area contributed by atoms with Crippen LogP contribution in [-0.4, -0.2) is 22.2 Å². The molecule has 1 fully saturated rings. The predicted octanol–water partition coefficient (Wildman–Crippen LogP) is -0.474. The second-order valence-corrected chi connectivity index (χ2v) is 2.71. The van der Waals surface area contributed by atoms with Crippen molar-refractivity contribution in [1.82, 2.24) is 10.4 Å². The summed E-state index contributed by atoms with van der Waals surface area (Å²) in [7, 11) is 0. The van der Waals surface area contributed by atoms with Crippen LogP contribution in [0, 0.1) is 0 Å². The first-order chi connectivity index (χ1) is 4.61. The largest absolute Gasteiger partial charge is 0.274 e. The molecule has 1 aliphatic rings. The van der Waals surface area contributed by atoms with Gasteiger partial charge in [0.25, 0.3) is 0 Å². The lowest BCUT2D eigenvalue weighted by atomic mass is 10.2. The SMILES string of the molecule is CC(=O)NN1C(=O)CC1S. The zero-order chi connectivity index (χ0) is 7.72. The fraction of sp³-hybridized carbons (Fsp3) is 0.600. The molecule has 0 bridgehead atoms. The molecular formula is C5H8N2O2S. The normalized spacial score (nSPS) is 24.0. The maximum atomic E-state index is 10.6. The first-order valence-corrected chi connectivity index (χ1v) is 3.40. The molecule has 1 heterocycles. The molecule has 1 rings (SSSR count). The number of hydrogen-bond donors (Lipinski definition) is 2. The van der Waals surface area contributed by atoms with Crippen molar-refractivity contribution in [3.05, 3.63) is 0 Å². The molecule has 1 N–H and O–H groups in total. The van der Waals surface area contributed by atoms with Gasteiger partial charge in [-0.15, -0.1) is 0 Å². The lowest BCUT2D eigenvalue weighted by Crippen LogP contribution is -2.58. The summed E-state index contributed by atoms with van der Waals surface area (Å²) in [6.45, 7) is 1.35. The van der Waals surface area contributed by atoms with Crippen molar-refractivity contribution >= 4 is 24.4 Å². The van der Waals surface area contributed by atoms with Crippen LogP contribution in [0.1, 0.15) is 13.3 Å². The van der Waals surface area contributed by atoms with Gasteiger partial charge in [0.05, 0.1) is 6.42 Å². The van der Waals surface area contributed by atoms with Gasteiger partial charge in [0.15, 0.2) is 0 Å². The third-order valence-electron chi connectivity index (χ3n) is 1.20. The first kappa shape index (κ1) is 7.40. The highest BCUT2D eigenvalue weighted by Gasteiger charge is 2.33. The van der Waals surface area contributed by atoms with Gasteiger partial charge in [0, 0.05) is 6.92 Å². The van der Waals surface area contributed by atoms with E-state index in [2.05, 4.69) is 18.1 Å². The number of carbonyl (C=O) groups excluding carboxylic acids is 2. The Bertz CT molecular complexity index is 182. The number of carbonyl (C=O) groups is 2. The van der Waals surface area contributed by atoms with Crippen LogP contribution in [0.2, 0.25) is 0 Å². The molecule has 1 unspecified atom stereocenters. The lowest BCUT2D eigenvalue weighted by Gasteiger charge is -2.36. The number of nitrogens with one attached hydrogen (secondary N) is 1. The molecule has 0 aliphatic carbocycles. The number of hydrazine groups is 1. The Morgan fingerprint density at radius 3 is 2.70 bits per heavy atom. The molecule has 0 saturated carbocycles. The Hall–Kier alpha value is -0.710. The van der Waals surface area contributed by atoms with Crippen molar-refractivity contribution in [2.75, 3.05) is 0 Å². The minimum absolute atomic E-state index is 0.0878. The van der Waals surface area contributed by atoms with Crippen molar-refractivity contribution in [3.8, 4) is 0 Å². The zero-order valence-corrected chi connectivity index (χ0v) is 6.39. The summed E-state index contributed by atoms with van der Waals surface area (Å²) in [5, 5.41) is 1.07. The second-order valence-electron chi connectivity index (χ2n) is 2.12. The fourth-order valence-electron chi connectivity index (χ4n) is 0.706. The monoisotopic (exact) mass is 160 g/mol. The standard InChI is InChI=1S/C5H8N2O2S/c1-3(8)6-7-4(9)2-5(7)10/h5,10H,2H2,1H3,(H,6,8). The number of rotatable bonds is 1. The molecule has 1 aliphatic heterocycles. The van der Waals surface area contributed by atoms with Gasteiger partial charge in [-0.2, -0.15) is 12.6 Å². The molecule has 0 radical (unpaired) electrons. The fourth-order valence-corrected chi connectivity index (χ4v) is 1.05. The van der Waals surface area contributed by atoms with Crippen LogP contribution >= 0.6 is 12.6 Å². The van der Waals surface area contributed by atoms with Gasteiger partial charge in [-0.3, -0.25) is 15.0 Å². The maximum Gasteiger partial charge on any atom is 0.245 e. The van der Waals surface area contributed by atoms with Gasteiger partial charge in [-0.1, -0.05) is 0 Å². The highest BCUT2D eigenvalue weighted by atomic mass is 32.1. The molecule has 0 aromatic rings. The molecule has 1 saturated heterocycles. The zero-order valence-electron chi connectivity index (χ0n) is 5.50. The minimum atomic E-state index is -0.243. The van der Waals surface area contributed by atoms with Crippen molar-refractivity contribution < 1.29 is 9.59 Å². The molecule has 0 aromatic carbocycles. The van der Waals surface area contributed by atoms with Gasteiger partial charge in [-0.05, 0) is 0 Å². The van der Waals surface area contributed by atoms with E-state index in [0.717, 1.165) is 0 Å². The van der Waals surface area contributed by atoms with Crippen molar-refractivity contribution in [2.24, 2.45) is 0 Å². The van der Waals surface area contributed by atoms with Crippen LogP contribution in [0.25, 0.3) is 0 Å². The summed E-state index contributed by atoms with van der Waals surface area (Å²) in [6.07, 6.45) is 0.406. The quantitative estimate of drug-likeness (QED) is 0.402. The molecule has 1 atom stereocenters. The molecule has 4 nitrogen and oxygen atoms in total. The highest BCUT2D eigenvalue weighted by molar-refractivity contribution is 7.81. The molecular weight excluding hydrogens is 152 g/mol. The number of amides is 2. The van der Waals surface area contributed by atoms with Gasteiger partial charge in [-0.25, -0.2) is 5.01 Å². The minimum Gasteiger partial charge on any atom is -0.274 e. The molecule has 0 spiro atoms. The average molecular weight is 160 g/mol. The predicted molar refractivity (Wildman–Crippen MR) is 38.1 cm³/mol. The molecule has 5 heteroatoms. The summed E-state index contributed by atoms with van der Waals surface area (Å²) in [5.41, 5.74) is 2.35. The van der Waals surface area contributed by atoms with Gasteiger partial charge < -0.3 is 0 Å². The maximum absolute atomic E-state index is 10.6.